The molecule has 118 valence electrons. The minimum atomic E-state index is -1.00. The SMILES string of the molecule is CN(C)c1ccc(C(=O)Nc2n[nH]c3cc(C(=O)O)sc23)cc1. The van der Waals surface area contributed by atoms with Crippen molar-refractivity contribution in [2.75, 3.05) is 24.3 Å². The third kappa shape index (κ3) is 2.88. The van der Waals surface area contributed by atoms with Gasteiger partial charge in [-0.2, -0.15) is 5.10 Å². The Morgan fingerprint density at radius 3 is 2.57 bits per heavy atom. The molecule has 3 rings (SSSR count). The van der Waals surface area contributed by atoms with Crippen LogP contribution in [0.1, 0.15) is 20.0 Å². The molecule has 0 fully saturated rings. The number of benzene rings is 1. The number of fused-ring (bicyclic) bond motifs is 1. The van der Waals surface area contributed by atoms with Crippen molar-refractivity contribution in [3.8, 4) is 0 Å². The molecule has 0 spiro atoms. The summed E-state index contributed by atoms with van der Waals surface area (Å²) in [5, 5.41) is 18.5. The molecule has 7 nitrogen and oxygen atoms in total. The van der Waals surface area contributed by atoms with Crippen molar-refractivity contribution >= 4 is 44.9 Å². The number of H-pyrrole nitrogens is 1. The Balaban J connectivity index is 1.83. The van der Waals surface area contributed by atoms with Crippen molar-refractivity contribution in [3.63, 3.8) is 0 Å². The van der Waals surface area contributed by atoms with Crippen LogP contribution in [0.2, 0.25) is 0 Å². The van der Waals surface area contributed by atoms with E-state index in [9.17, 15) is 9.59 Å². The minimum absolute atomic E-state index is 0.194. The summed E-state index contributed by atoms with van der Waals surface area (Å²) in [6.45, 7) is 0. The van der Waals surface area contributed by atoms with Crippen LogP contribution in [0.5, 0.6) is 0 Å². The second-order valence-corrected chi connectivity index (χ2v) is 6.18. The molecule has 0 saturated heterocycles. The van der Waals surface area contributed by atoms with Crippen LogP contribution in [-0.4, -0.2) is 41.3 Å². The predicted molar refractivity (Wildman–Crippen MR) is 89.7 cm³/mol. The van der Waals surface area contributed by atoms with Gasteiger partial charge in [0, 0.05) is 25.3 Å². The number of aromatic amines is 1. The summed E-state index contributed by atoms with van der Waals surface area (Å²) >= 11 is 1.07. The van der Waals surface area contributed by atoms with Gasteiger partial charge in [0.05, 0.1) is 10.2 Å². The molecule has 3 aromatic rings. The van der Waals surface area contributed by atoms with Crippen LogP contribution in [0.15, 0.2) is 30.3 Å². The molecule has 2 heterocycles. The van der Waals surface area contributed by atoms with Gasteiger partial charge in [-0.05, 0) is 30.3 Å². The van der Waals surface area contributed by atoms with E-state index in [1.165, 1.54) is 6.07 Å². The van der Waals surface area contributed by atoms with Gasteiger partial charge >= 0.3 is 5.97 Å². The topological polar surface area (TPSA) is 98.3 Å². The van der Waals surface area contributed by atoms with Gasteiger partial charge in [-0.3, -0.25) is 9.89 Å². The normalized spacial score (nSPS) is 10.7. The van der Waals surface area contributed by atoms with Crippen molar-refractivity contribution < 1.29 is 14.7 Å². The lowest BCUT2D eigenvalue weighted by atomic mass is 10.2. The highest BCUT2D eigenvalue weighted by atomic mass is 32.1. The molecule has 23 heavy (non-hydrogen) atoms. The number of anilines is 2. The van der Waals surface area contributed by atoms with E-state index in [0.717, 1.165) is 17.0 Å². The molecule has 3 N–H and O–H groups in total. The molecular weight excluding hydrogens is 316 g/mol. The number of thiophene rings is 1. The number of carbonyl (C=O) groups is 2. The number of carbonyl (C=O) groups excluding carboxylic acids is 1. The van der Waals surface area contributed by atoms with E-state index in [-0.39, 0.29) is 10.8 Å². The van der Waals surface area contributed by atoms with Crippen LogP contribution < -0.4 is 10.2 Å². The molecule has 1 aromatic carbocycles. The Bertz CT molecular complexity index is 880. The number of nitrogens with zero attached hydrogens (tertiary/aromatic N) is 2. The fraction of sp³-hybridized carbons (Fsp3) is 0.133. The quantitative estimate of drug-likeness (QED) is 0.683. The average molecular weight is 330 g/mol. The zero-order valence-corrected chi connectivity index (χ0v) is 13.3. The largest absolute Gasteiger partial charge is 0.477 e. The highest BCUT2D eigenvalue weighted by Crippen LogP contribution is 2.30. The zero-order valence-electron chi connectivity index (χ0n) is 12.5. The van der Waals surface area contributed by atoms with Crippen molar-refractivity contribution in [2.45, 2.75) is 0 Å². The molecule has 1 amide bonds. The van der Waals surface area contributed by atoms with E-state index in [1.807, 2.05) is 31.1 Å². The first kappa shape index (κ1) is 15.0. The zero-order chi connectivity index (χ0) is 16.6. The van der Waals surface area contributed by atoms with E-state index >= 15 is 0 Å². The molecule has 0 aliphatic carbocycles. The maximum atomic E-state index is 12.3. The standard InChI is InChI=1S/C15H14N4O3S/c1-19(2)9-5-3-8(4-6-9)14(20)16-13-12-10(17-18-13)7-11(23-12)15(21)22/h3-7H,1-2H3,(H,21,22)(H2,16,17,18,20). The lowest BCUT2D eigenvalue weighted by molar-refractivity contribution is 0.0702. The third-order valence-corrected chi connectivity index (χ3v) is 4.45. The Hall–Kier alpha value is -2.87. The number of aromatic carboxylic acids is 1. The minimum Gasteiger partial charge on any atom is -0.477 e. The average Bonchev–Trinajstić information content (AvgIpc) is 3.09. The third-order valence-electron chi connectivity index (χ3n) is 3.32. The second-order valence-electron chi connectivity index (χ2n) is 5.13. The lowest BCUT2D eigenvalue weighted by Gasteiger charge is -2.12. The van der Waals surface area contributed by atoms with Crippen molar-refractivity contribution in [1.82, 2.24) is 10.2 Å². The first-order valence-corrected chi connectivity index (χ1v) is 7.57. The van der Waals surface area contributed by atoms with Gasteiger partial charge < -0.3 is 15.3 Å². The molecule has 0 bridgehead atoms. The monoisotopic (exact) mass is 330 g/mol. The van der Waals surface area contributed by atoms with Gasteiger partial charge in [0.15, 0.2) is 5.82 Å². The summed E-state index contributed by atoms with van der Waals surface area (Å²) in [7, 11) is 3.85. The number of hydrogen-bond acceptors (Lipinski definition) is 5. The Labute approximate surface area is 135 Å². The number of rotatable bonds is 4. The number of carboxylic acid groups (broad SMARTS) is 1. The fourth-order valence-electron chi connectivity index (χ4n) is 2.10. The highest BCUT2D eigenvalue weighted by Gasteiger charge is 2.16. The van der Waals surface area contributed by atoms with Gasteiger partial charge in [0.2, 0.25) is 0 Å². The molecule has 0 atom stereocenters. The maximum absolute atomic E-state index is 12.3. The second kappa shape index (κ2) is 5.73. The lowest BCUT2D eigenvalue weighted by Crippen LogP contribution is -2.13. The van der Waals surface area contributed by atoms with Gasteiger partial charge in [-0.1, -0.05) is 0 Å². The first-order valence-electron chi connectivity index (χ1n) is 6.75. The number of nitrogens with one attached hydrogen (secondary N) is 2. The summed E-state index contributed by atoms with van der Waals surface area (Å²) < 4.78 is 0.612. The van der Waals surface area contributed by atoms with Crippen LogP contribution >= 0.6 is 11.3 Å². The summed E-state index contributed by atoms with van der Waals surface area (Å²) in [4.78, 5) is 25.4. The van der Waals surface area contributed by atoms with Gasteiger partial charge in [-0.15, -0.1) is 11.3 Å². The predicted octanol–water partition coefficient (Wildman–Crippen LogP) is 2.64. The van der Waals surface area contributed by atoms with Crippen molar-refractivity contribution in [2.24, 2.45) is 0 Å². The number of amides is 1. The molecule has 8 heteroatoms. The Kier molecular flexibility index (Phi) is 3.75. The van der Waals surface area contributed by atoms with Crippen LogP contribution in [0.25, 0.3) is 10.2 Å². The van der Waals surface area contributed by atoms with Gasteiger partial charge in [-0.25, -0.2) is 4.79 Å². The summed E-state index contributed by atoms with van der Waals surface area (Å²) in [5.41, 5.74) is 2.08. The fourth-order valence-corrected chi connectivity index (χ4v) is 2.99. The van der Waals surface area contributed by atoms with Gasteiger partial charge in [0.25, 0.3) is 5.91 Å². The Morgan fingerprint density at radius 2 is 1.96 bits per heavy atom. The highest BCUT2D eigenvalue weighted by molar-refractivity contribution is 7.21. The molecule has 0 unspecified atom stereocenters. The van der Waals surface area contributed by atoms with Crippen LogP contribution in [0.3, 0.4) is 0 Å². The molecule has 0 radical (unpaired) electrons. The maximum Gasteiger partial charge on any atom is 0.345 e. The molecule has 0 aliphatic heterocycles. The number of carboxylic acids is 1. The van der Waals surface area contributed by atoms with E-state index in [4.69, 9.17) is 5.11 Å². The van der Waals surface area contributed by atoms with Crippen LogP contribution in [0, 0.1) is 0 Å². The molecular formula is C15H14N4O3S. The van der Waals surface area contributed by atoms with Gasteiger partial charge in [0.1, 0.15) is 4.88 Å². The number of aromatic nitrogens is 2. The summed E-state index contributed by atoms with van der Waals surface area (Å²) in [5.74, 6) is -0.968. The van der Waals surface area contributed by atoms with Crippen LogP contribution in [-0.2, 0) is 0 Å². The van der Waals surface area contributed by atoms with Crippen molar-refractivity contribution in [1.29, 1.82) is 0 Å². The van der Waals surface area contributed by atoms with E-state index in [1.54, 1.807) is 12.1 Å². The summed E-state index contributed by atoms with van der Waals surface area (Å²) in [6.07, 6.45) is 0. The number of hydrogen-bond donors (Lipinski definition) is 3. The smallest absolute Gasteiger partial charge is 0.345 e. The van der Waals surface area contributed by atoms with E-state index < -0.39 is 5.97 Å². The summed E-state index contributed by atoms with van der Waals surface area (Å²) in [6, 6.07) is 8.65. The Morgan fingerprint density at radius 1 is 1.26 bits per heavy atom. The van der Waals surface area contributed by atoms with Crippen molar-refractivity contribution in [3.05, 3.63) is 40.8 Å². The molecule has 0 saturated carbocycles. The first-order chi connectivity index (χ1) is 11.0. The molecule has 0 aliphatic rings. The van der Waals surface area contributed by atoms with Crippen LogP contribution in [0.4, 0.5) is 11.5 Å². The van der Waals surface area contributed by atoms with E-state index in [2.05, 4.69) is 15.5 Å². The van der Waals surface area contributed by atoms with E-state index in [0.29, 0.717) is 21.6 Å². The molecule has 2 aromatic heterocycles.